The standard InChI is InChI=1S/C22H32O4/c1-13-11-21(3)14(10-18(13)24)4-5-16-15-6-7-17(19(25)12-23)20(15,2)8-9-22(16,21)26/h10,13,15-17,23,26H,4-9,11-12H2,1-3H3/t13?,15-,16-,17+,20-,21-,22+/m0/s1. The van der Waals surface area contributed by atoms with Crippen molar-refractivity contribution in [1.29, 1.82) is 0 Å². The van der Waals surface area contributed by atoms with Gasteiger partial charge in [-0.15, -0.1) is 0 Å². The SMILES string of the molecule is CC1C[C@@]2(C)C(=CC1=O)CC[C@H]1[C@@H]3CC[C@H](C(=O)CO)[C@@]3(C)CC[C@@]12O. The fourth-order valence-electron chi connectivity index (χ4n) is 7.46. The maximum Gasteiger partial charge on any atom is 0.161 e. The highest BCUT2D eigenvalue weighted by molar-refractivity contribution is 5.93. The lowest BCUT2D eigenvalue weighted by atomic mass is 9.44. The number of aliphatic hydroxyl groups excluding tert-OH is 1. The van der Waals surface area contributed by atoms with Crippen molar-refractivity contribution in [2.75, 3.05) is 6.61 Å². The summed E-state index contributed by atoms with van der Waals surface area (Å²) in [6, 6.07) is 0. The van der Waals surface area contributed by atoms with E-state index in [0.717, 1.165) is 44.1 Å². The Morgan fingerprint density at radius 2 is 1.92 bits per heavy atom. The van der Waals surface area contributed by atoms with Gasteiger partial charge in [0, 0.05) is 17.3 Å². The van der Waals surface area contributed by atoms with Gasteiger partial charge in [-0.3, -0.25) is 9.59 Å². The van der Waals surface area contributed by atoms with E-state index in [2.05, 4.69) is 13.8 Å². The molecule has 0 heterocycles. The summed E-state index contributed by atoms with van der Waals surface area (Å²) in [5.74, 6) is 0.578. The molecule has 1 unspecified atom stereocenters. The van der Waals surface area contributed by atoms with Crippen LogP contribution < -0.4 is 0 Å². The Balaban J connectivity index is 1.72. The van der Waals surface area contributed by atoms with E-state index >= 15 is 0 Å². The van der Waals surface area contributed by atoms with E-state index in [4.69, 9.17) is 0 Å². The minimum absolute atomic E-state index is 0.0278. The lowest BCUT2D eigenvalue weighted by Crippen LogP contribution is -2.63. The van der Waals surface area contributed by atoms with E-state index in [0.29, 0.717) is 12.3 Å². The maximum absolute atomic E-state index is 12.3. The lowest BCUT2D eigenvalue weighted by molar-refractivity contribution is -0.195. The van der Waals surface area contributed by atoms with Gasteiger partial charge in [-0.1, -0.05) is 26.3 Å². The van der Waals surface area contributed by atoms with Crippen molar-refractivity contribution in [2.45, 2.75) is 71.3 Å². The number of carbonyl (C=O) groups is 2. The molecule has 2 N–H and O–H groups in total. The Hall–Kier alpha value is -1.00. The zero-order valence-corrected chi connectivity index (χ0v) is 16.3. The van der Waals surface area contributed by atoms with E-state index in [-0.39, 0.29) is 46.8 Å². The summed E-state index contributed by atoms with van der Waals surface area (Å²) < 4.78 is 0. The predicted molar refractivity (Wildman–Crippen MR) is 98.3 cm³/mol. The minimum Gasteiger partial charge on any atom is -0.389 e. The average Bonchev–Trinajstić information content (AvgIpc) is 2.94. The Kier molecular flexibility index (Phi) is 4.06. The molecule has 3 fully saturated rings. The molecule has 0 amide bonds. The van der Waals surface area contributed by atoms with Crippen LogP contribution in [-0.4, -0.2) is 34.0 Å². The number of rotatable bonds is 2. The van der Waals surface area contributed by atoms with Crippen LogP contribution in [0.2, 0.25) is 0 Å². The molecule has 144 valence electrons. The van der Waals surface area contributed by atoms with Gasteiger partial charge in [-0.05, 0) is 68.3 Å². The number of hydrogen-bond acceptors (Lipinski definition) is 4. The van der Waals surface area contributed by atoms with Crippen LogP contribution in [-0.2, 0) is 9.59 Å². The topological polar surface area (TPSA) is 74.6 Å². The van der Waals surface area contributed by atoms with Gasteiger partial charge in [-0.25, -0.2) is 0 Å². The van der Waals surface area contributed by atoms with Gasteiger partial charge in [-0.2, -0.15) is 0 Å². The monoisotopic (exact) mass is 360 g/mol. The van der Waals surface area contributed by atoms with Gasteiger partial charge in [0.2, 0.25) is 0 Å². The van der Waals surface area contributed by atoms with Gasteiger partial charge < -0.3 is 10.2 Å². The molecule has 0 aliphatic heterocycles. The van der Waals surface area contributed by atoms with Crippen LogP contribution in [0, 0.1) is 34.5 Å². The van der Waals surface area contributed by atoms with Crippen LogP contribution in [0.4, 0.5) is 0 Å². The van der Waals surface area contributed by atoms with Crippen molar-refractivity contribution >= 4 is 11.6 Å². The molecule has 0 spiro atoms. The highest BCUT2D eigenvalue weighted by Crippen LogP contribution is 2.68. The minimum atomic E-state index is -0.784. The van der Waals surface area contributed by atoms with Crippen molar-refractivity contribution in [3.8, 4) is 0 Å². The van der Waals surface area contributed by atoms with E-state index in [9.17, 15) is 19.8 Å². The molecule has 26 heavy (non-hydrogen) atoms. The van der Waals surface area contributed by atoms with Crippen molar-refractivity contribution < 1.29 is 19.8 Å². The third-order valence-corrected chi connectivity index (χ3v) is 9.00. The Labute approximate surface area is 156 Å². The fourth-order valence-corrected chi connectivity index (χ4v) is 7.46. The summed E-state index contributed by atoms with van der Waals surface area (Å²) in [5, 5.41) is 21.4. The summed E-state index contributed by atoms with van der Waals surface area (Å²) in [7, 11) is 0. The summed E-state index contributed by atoms with van der Waals surface area (Å²) in [4.78, 5) is 24.5. The summed E-state index contributed by atoms with van der Waals surface area (Å²) in [5.41, 5.74) is -0.0783. The highest BCUT2D eigenvalue weighted by Gasteiger charge is 2.66. The second-order valence-electron chi connectivity index (χ2n) is 9.95. The number of hydrogen-bond donors (Lipinski definition) is 2. The second kappa shape index (κ2) is 5.75. The Bertz CT molecular complexity index is 682. The highest BCUT2D eigenvalue weighted by atomic mass is 16.3. The van der Waals surface area contributed by atoms with Gasteiger partial charge in [0.1, 0.15) is 6.61 Å². The lowest BCUT2D eigenvalue weighted by Gasteiger charge is -2.63. The third kappa shape index (κ3) is 2.15. The molecule has 0 radical (unpaired) electrons. The van der Waals surface area contributed by atoms with E-state index in [1.54, 1.807) is 0 Å². The van der Waals surface area contributed by atoms with Crippen LogP contribution in [0.25, 0.3) is 0 Å². The first kappa shape index (κ1) is 18.4. The smallest absolute Gasteiger partial charge is 0.161 e. The zero-order valence-electron chi connectivity index (χ0n) is 16.3. The number of fused-ring (bicyclic) bond motifs is 5. The van der Waals surface area contributed by atoms with Crippen molar-refractivity contribution in [3.63, 3.8) is 0 Å². The van der Waals surface area contributed by atoms with Gasteiger partial charge >= 0.3 is 0 Å². The zero-order chi connectivity index (χ0) is 18.9. The van der Waals surface area contributed by atoms with Crippen LogP contribution in [0.1, 0.15) is 65.7 Å². The quantitative estimate of drug-likeness (QED) is 0.794. The fraction of sp³-hybridized carbons (Fsp3) is 0.818. The number of aliphatic hydroxyl groups is 2. The van der Waals surface area contributed by atoms with Crippen LogP contribution in [0.3, 0.4) is 0 Å². The van der Waals surface area contributed by atoms with E-state index < -0.39 is 5.60 Å². The molecule has 4 aliphatic carbocycles. The molecule has 7 atom stereocenters. The van der Waals surface area contributed by atoms with Crippen LogP contribution >= 0.6 is 0 Å². The van der Waals surface area contributed by atoms with Crippen molar-refractivity contribution in [1.82, 2.24) is 0 Å². The van der Waals surface area contributed by atoms with Gasteiger partial charge in [0.05, 0.1) is 5.60 Å². The molecule has 0 aromatic heterocycles. The number of ketones is 2. The molecule has 4 aliphatic rings. The molecule has 0 bridgehead atoms. The normalized spacial score (nSPS) is 50.5. The molecular formula is C22H32O4. The maximum atomic E-state index is 12.3. The average molecular weight is 360 g/mol. The molecule has 0 aromatic rings. The van der Waals surface area contributed by atoms with Crippen molar-refractivity contribution in [2.24, 2.45) is 34.5 Å². The van der Waals surface area contributed by atoms with Crippen LogP contribution in [0.5, 0.6) is 0 Å². The van der Waals surface area contributed by atoms with E-state index in [1.165, 1.54) is 0 Å². The summed E-state index contributed by atoms with van der Waals surface area (Å²) in [6.45, 7) is 5.99. The van der Waals surface area contributed by atoms with Gasteiger partial charge in [0.15, 0.2) is 11.6 Å². The first-order chi connectivity index (χ1) is 12.2. The predicted octanol–water partition coefficient (Wildman–Crippen LogP) is 3.06. The molecule has 0 saturated heterocycles. The Morgan fingerprint density at radius 1 is 1.19 bits per heavy atom. The summed E-state index contributed by atoms with van der Waals surface area (Å²) in [6.07, 6.45) is 7.65. The largest absolute Gasteiger partial charge is 0.389 e. The Morgan fingerprint density at radius 3 is 2.62 bits per heavy atom. The summed E-state index contributed by atoms with van der Waals surface area (Å²) >= 11 is 0. The number of Topliss-reactive ketones (excluding diaryl/α,β-unsaturated/α-hetero) is 1. The molecule has 4 rings (SSSR count). The number of carbonyl (C=O) groups excluding carboxylic acids is 2. The second-order valence-corrected chi connectivity index (χ2v) is 9.95. The van der Waals surface area contributed by atoms with E-state index in [1.807, 2.05) is 13.0 Å². The molecule has 4 nitrogen and oxygen atoms in total. The van der Waals surface area contributed by atoms with Gasteiger partial charge in [0.25, 0.3) is 0 Å². The van der Waals surface area contributed by atoms with Crippen LogP contribution in [0.15, 0.2) is 11.6 Å². The first-order valence-electron chi connectivity index (χ1n) is 10.3. The molecule has 3 saturated carbocycles. The molecule has 4 heteroatoms. The third-order valence-electron chi connectivity index (χ3n) is 9.00. The molecule has 0 aromatic carbocycles. The van der Waals surface area contributed by atoms with Crippen molar-refractivity contribution in [3.05, 3.63) is 11.6 Å². The molecular weight excluding hydrogens is 328 g/mol. The first-order valence-corrected chi connectivity index (χ1v) is 10.3.